The molecule has 5 heteroatoms. The molecule has 1 aliphatic heterocycles. The van der Waals surface area contributed by atoms with E-state index in [-0.39, 0.29) is 5.91 Å². The van der Waals surface area contributed by atoms with E-state index < -0.39 is 0 Å². The first-order chi connectivity index (χ1) is 11.7. The van der Waals surface area contributed by atoms with Crippen molar-refractivity contribution in [2.75, 3.05) is 42.9 Å². The fraction of sp³-hybridized carbons (Fsp3) is 0.368. The van der Waals surface area contributed by atoms with Crippen molar-refractivity contribution in [3.05, 3.63) is 54.4 Å². The summed E-state index contributed by atoms with van der Waals surface area (Å²) in [7, 11) is 0. The highest BCUT2D eigenvalue weighted by atomic mass is 16.1. The lowest BCUT2D eigenvalue weighted by Crippen LogP contribution is -2.47. The summed E-state index contributed by atoms with van der Waals surface area (Å²) in [6, 6.07) is 12.2. The molecule has 2 aromatic rings. The Balaban J connectivity index is 1.54. The van der Waals surface area contributed by atoms with E-state index in [4.69, 9.17) is 0 Å². The average Bonchev–Trinajstić information content (AvgIpc) is 2.61. The van der Waals surface area contributed by atoms with Gasteiger partial charge in [0.05, 0.1) is 11.4 Å². The fourth-order valence-corrected chi connectivity index (χ4v) is 3.09. The van der Waals surface area contributed by atoms with Crippen LogP contribution in [0.5, 0.6) is 0 Å². The van der Waals surface area contributed by atoms with E-state index in [2.05, 4.69) is 38.3 Å². The molecule has 2 heterocycles. The topological polar surface area (TPSA) is 48.5 Å². The first-order valence-electron chi connectivity index (χ1n) is 8.45. The Kier molecular flexibility index (Phi) is 5.43. The van der Waals surface area contributed by atoms with Crippen LogP contribution in [0.25, 0.3) is 0 Å². The first-order valence-corrected chi connectivity index (χ1v) is 8.45. The van der Waals surface area contributed by atoms with E-state index in [1.807, 2.05) is 30.6 Å². The Hall–Kier alpha value is -2.40. The van der Waals surface area contributed by atoms with Crippen LogP contribution in [0.4, 0.5) is 11.4 Å². The van der Waals surface area contributed by atoms with E-state index in [0.717, 1.165) is 50.5 Å². The number of hydrogen-bond donors (Lipinski definition) is 1. The molecule has 0 radical (unpaired) electrons. The summed E-state index contributed by atoms with van der Waals surface area (Å²) in [5, 5.41) is 2.93. The molecule has 5 nitrogen and oxygen atoms in total. The van der Waals surface area contributed by atoms with Crippen molar-refractivity contribution >= 4 is 17.3 Å². The first kappa shape index (κ1) is 16.5. The van der Waals surface area contributed by atoms with Crippen LogP contribution in [0.2, 0.25) is 0 Å². The smallest absolute Gasteiger partial charge is 0.221 e. The average molecular weight is 324 g/mol. The van der Waals surface area contributed by atoms with E-state index in [1.54, 1.807) is 6.92 Å². The molecular weight excluding hydrogens is 300 g/mol. The minimum atomic E-state index is -0.0292. The third kappa shape index (κ3) is 4.32. The van der Waals surface area contributed by atoms with Crippen molar-refractivity contribution in [2.45, 2.75) is 13.3 Å². The number of hydrogen-bond acceptors (Lipinski definition) is 4. The number of aromatic nitrogens is 1. The highest BCUT2D eigenvalue weighted by Crippen LogP contribution is 2.26. The van der Waals surface area contributed by atoms with E-state index in [9.17, 15) is 4.79 Å². The molecule has 1 aliphatic rings. The monoisotopic (exact) mass is 324 g/mol. The predicted octanol–water partition coefficient (Wildman–Crippen LogP) is 2.40. The number of rotatable bonds is 5. The minimum absolute atomic E-state index is 0.0292. The highest BCUT2D eigenvalue weighted by Gasteiger charge is 2.19. The van der Waals surface area contributed by atoms with E-state index >= 15 is 0 Å². The van der Waals surface area contributed by atoms with Crippen molar-refractivity contribution < 1.29 is 4.79 Å². The molecule has 3 rings (SSSR count). The molecule has 1 saturated heterocycles. The minimum Gasteiger partial charge on any atom is -0.367 e. The van der Waals surface area contributed by atoms with Crippen LogP contribution in [0, 0.1) is 0 Å². The second-order valence-corrected chi connectivity index (χ2v) is 6.13. The molecule has 0 aliphatic carbocycles. The lowest BCUT2D eigenvalue weighted by molar-refractivity contribution is -0.114. The van der Waals surface area contributed by atoms with Crippen molar-refractivity contribution in [1.82, 2.24) is 9.88 Å². The third-order valence-corrected chi connectivity index (χ3v) is 4.39. The summed E-state index contributed by atoms with van der Waals surface area (Å²) in [6.07, 6.45) is 4.77. The van der Waals surface area contributed by atoms with Crippen molar-refractivity contribution in [1.29, 1.82) is 0 Å². The summed E-state index contributed by atoms with van der Waals surface area (Å²) in [4.78, 5) is 20.3. The molecule has 1 N–H and O–H groups in total. The van der Waals surface area contributed by atoms with Crippen LogP contribution in [0.15, 0.2) is 48.8 Å². The highest BCUT2D eigenvalue weighted by molar-refractivity contribution is 5.92. The zero-order valence-corrected chi connectivity index (χ0v) is 14.1. The molecule has 0 atom stereocenters. The van der Waals surface area contributed by atoms with Crippen molar-refractivity contribution in [2.24, 2.45) is 0 Å². The van der Waals surface area contributed by atoms with Gasteiger partial charge in [-0.05, 0) is 36.2 Å². The maximum Gasteiger partial charge on any atom is 0.221 e. The Bertz CT molecular complexity index is 666. The van der Waals surface area contributed by atoms with Crippen LogP contribution in [0.3, 0.4) is 0 Å². The van der Waals surface area contributed by atoms with Crippen LogP contribution >= 0.6 is 0 Å². The molecular formula is C19H24N4O. The summed E-state index contributed by atoms with van der Waals surface area (Å²) in [5.41, 5.74) is 3.35. The molecule has 1 aromatic carbocycles. The summed E-state index contributed by atoms with van der Waals surface area (Å²) >= 11 is 0. The van der Waals surface area contributed by atoms with Gasteiger partial charge in [0.25, 0.3) is 0 Å². The number of anilines is 2. The molecule has 1 amide bonds. The number of piperazine rings is 1. The Morgan fingerprint density at radius 3 is 2.50 bits per heavy atom. The van der Waals surface area contributed by atoms with Crippen LogP contribution in [0.1, 0.15) is 12.5 Å². The summed E-state index contributed by atoms with van der Waals surface area (Å²) < 4.78 is 0. The van der Waals surface area contributed by atoms with Gasteiger partial charge in [-0.3, -0.25) is 14.7 Å². The number of benzene rings is 1. The number of carbonyl (C=O) groups is 1. The summed E-state index contributed by atoms with van der Waals surface area (Å²) in [6.45, 7) is 6.66. The summed E-state index contributed by atoms with van der Waals surface area (Å²) in [5.74, 6) is -0.0292. The lowest BCUT2D eigenvalue weighted by atomic mass is 10.1. The van der Waals surface area contributed by atoms with Crippen LogP contribution in [-0.4, -0.2) is 48.5 Å². The number of amides is 1. The number of para-hydroxylation sites is 2. The molecule has 0 spiro atoms. The normalized spacial score (nSPS) is 15.3. The van der Waals surface area contributed by atoms with E-state index in [0.29, 0.717) is 0 Å². The standard InChI is InChI=1S/C19H24N4O/c1-16(24)21-18-4-2-3-5-19(18)23-14-12-22(13-15-23)11-8-17-6-9-20-10-7-17/h2-7,9-10H,8,11-15H2,1H3,(H,21,24). The van der Waals surface area contributed by atoms with Gasteiger partial charge in [0, 0.05) is 52.0 Å². The SMILES string of the molecule is CC(=O)Nc1ccccc1N1CCN(CCc2ccncc2)CC1. The largest absolute Gasteiger partial charge is 0.367 e. The molecule has 126 valence electrons. The zero-order chi connectivity index (χ0) is 16.8. The molecule has 1 fully saturated rings. The van der Waals surface area contributed by atoms with Gasteiger partial charge in [-0.2, -0.15) is 0 Å². The van der Waals surface area contributed by atoms with Crippen LogP contribution in [-0.2, 0) is 11.2 Å². The maximum absolute atomic E-state index is 11.4. The fourth-order valence-electron chi connectivity index (χ4n) is 3.09. The molecule has 0 unspecified atom stereocenters. The number of nitrogens with one attached hydrogen (secondary N) is 1. The molecule has 1 aromatic heterocycles. The second-order valence-electron chi connectivity index (χ2n) is 6.13. The number of carbonyl (C=O) groups excluding carboxylic acids is 1. The van der Waals surface area contributed by atoms with Gasteiger partial charge in [0.15, 0.2) is 0 Å². The van der Waals surface area contributed by atoms with E-state index in [1.165, 1.54) is 5.56 Å². The zero-order valence-electron chi connectivity index (χ0n) is 14.1. The third-order valence-electron chi connectivity index (χ3n) is 4.39. The van der Waals surface area contributed by atoms with Crippen molar-refractivity contribution in [3.63, 3.8) is 0 Å². The van der Waals surface area contributed by atoms with Gasteiger partial charge in [0.2, 0.25) is 5.91 Å². The van der Waals surface area contributed by atoms with Gasteiger partial charge in [-0.15, -0.1) is 0 Å². The van der Waals surface area contributed by atoms with Gasteiger partial charge in [-0.1, -0.05) is 12.1 Å². The Morgan fingerprint density at radius 1 is 1.08 bits per heavy atom. The molecule has 0 saturated carbocycles. The predicted molar refractivity (Wildman–Crippen MR) is 97.3 cm³/mol. The second kappa shape index (κ2) is 7.93. The van der Waals surface area contributed by atoms with Crippen molar-refractivity contribution in [3.8, 4) is 0 Å². The molecule has 24 heavy (non-hydrogen) atoms. The van der Waals surface area contributed by atoms with Gasteiger partial charge >= 0.3 is 0 Å². The van der Waals surface area contributed by atoms with Gasteiger partial charge in [0.1, 0.15) is 0 Å². The van der Waals surface area contributed by atoms with Crippen LogP contribution < -0.4 is 10.2 Å². The number of pyridine rings is 1. The Morgan fingerprint density at radius 2 is 1.79 bits per heavy atom. The quantitative estimate of drug-likeness (QED) is 0.917. The van der Waals surface area contributed by atoms with Gasteiger partial charge < -0.3 is 10.2 Å². The van der Waals surface area contributed by atoms with Gasteiger partial charge in [-0.25, -0.2) is 0 Å². The number of nitrogens with zero attached hydrogens (tertiary/aromatic N) is 3. The molecule has 0 bridgehead atoms. The Labute approximate surface area is 143 Å². The maximum atomic E-state index is 11.4. The lowest BCUT2D eigenvalue weighted by Gasteiger charge is -2.37.